The van der Waals surface area contributed by atoms with Crippen LogP contribution in [-0.2, 0) is 4.74 Å². The Morgan fingerprint density at radius 3 is 2.50 bits per heavy atom. The highest BCUT2D eigenvalue weighted by molar-refractivity contribution is 5.13. The van der Waals surface area contributed by atoms with Gasteiger partial charge >= 0.3 is 0 Å². The van der Waals surface area contributed by atoms with Gasteiger partial charge in [0, 0.05) is 0 Å². The molecule has 0 aromatic heterocycles. The van der Waals surface area contributed by atoms with E-state index in [1.165, 1.54) is 0 Å². The van der Waals surface area contributed by atoms with Crippen LogP contribution in [0.15, 0.2) is 12.2 Å². The zero-order valence-corrected chi connectivity index (χ0v) is 16.1. The minimum atomic E-state index is -0.917. The van der Waals surface area contributed by atoms with Gasteiger partial charge in [-0.2, -0.15) is 0 Å². The summed E-state index contributed by atoms with van der Waals surface area (Å²) in [5, 5.41) is 21.8. The summed E-state index contributed by atoms with van der Waals surface area (Å²) in [5.41, 5.74) is -0.318. The largest absolute Gasteiger partial charge is 0.390 e. The molecular weight excluding hydrogens is 300 g/mol. The lowest BCUT2D eigenvalue weighted by Crippen LogP contribution is -2.62. The Morgan fingerprint density at radius 2 is 1.88 bits per heavy atom. The van der Waals surface area contributed by atoms with Gasteiger partial charge in [0.05, 0.1) is 11.2 Å². The molecule has 0 radical (unpaired) electrons. The number of aliphatic hydroxyl groups excluding tert-OH is 1. The molecule has 2 N–H and O–H groups in total. The van der Waals surface area contributed by atoms with E-state index in [1.54, 1.807) is 0 Å². The van der Waals surface area contributed by atoms with Crippen LogP contribution in [0.2, 0.25) is 0 Å². The third-order valence-electron chi connectivity index (χ3n) is 7.18. The number of hydrogen-bond donors (Lipinski definition) is 2. The molecule has 0 aromatic rings. The van der Waals surface area contributed by atoms with E-state index in [9.17, 15) is 10.2 Å². The summed E-state index contributed by atoms with van der Waals surface area (Å²) in [4.78, 5) is 0. The van der Waals surface area contributed by atoms with Crippen molar-refractivity contribution in [2.24, 2.45) is 29.1 Å². The van der Waals surface area contributed by atoms with E-state index in [1.807, 2.05) is 6.92 Å². The third kappa shape index (κ3) is 3.08. The van der Waals surface area contributed by atoms with Gasteiger partial charge in [-0.05, 0) is 80.1 Å². The molecule has 0 heterocycles. The van der Waals surface area contributed by atoms with Crippen molar-refractivity contribution in [3.05, 3.63) is 12.2 Å². The molecule has 3 saturated carbocycles. The minimum absolute atomic E-state index is 0.176. The molecule has 0 amide bonds. The number of fused-ring (bicyclic) bond motifs is 1. The molecule has 24 heavy (non-hydrogen) atoms. The Hall–Kier alpha value is -0.380. The molecule has 3 fully saturated rings. The third-order valence-corrected chi connectivity index (χ3v) is 7.18. The molecule has 7 unspecified atom stereocenters. The lowest BCUT2D eigenvalue weighted by molar-refractivity contribution is -0.266. The van der Waals surface area contributed by atoms with Crippen molar-refractivity contribution in [1.82, 2.24) is 0 Å². The summed E-state index contributed by atoms with van der Waals surface area (Å²) in [7, 11) is 0. The SMILES string of the molecule is C=C(C(O)OC12CCC3CC1C(CC(C)C2)C(C)(O)C3)C(C)(C)C. The lowest BCUT2D eigenvalue weighted by atomic mass is 9.49. The first kappa shape index (κ1) is 18.4. The van der Waals surface area contributed by atoms with Crippen LogP contribution < -0.4 is 0 Å². The van der Waals surface area contributed by atoms with E-state index < -0.39 is 11.9 Å². The predicted molar refractivity (Wildman–Crippen MR) is 96.4 cm³/mol. The summed E-state index contributed by atoms with van der Waals surface area (Å²) in [6.07, 6.45) is 5.32. The van der Waals surface area contributed by atoms with Crippen LogP contribution in [0.3, 0.4) is 0 Å². The fraction of sp³-hybridized carbons (Fsp3) is 0.905. The van der Waals surface area contributed by atoms with Gasteiger partial charge in [-0.25, -0.2) is 0 Å². The van der Waals surface area contributed by atoms with Crippen molar-refractivity contribution in [2.75, 3.05) is 0 Å². The molecule has 3 nitrogen and oxygen atoms in total. The molecule has 3 aliphatic rings. The van der Waals surface area contributed by atoms with Gasteiger partial charge in [0.1, 0.15) is 0 Å². The minimum Gasteiger partial charge on any atom is -0.390 e. The fourth-order valence-electron chi connectivity index (χ4n) is 5.85. The monoisotopic (exact) mass is 336 g/mol. The first-order valence-electron chi connectivity index (χ1n) is 9.72. The second-order valence-corrected chi connectivity index (χ2v) is 10.3. The Kier molecular flexibility index (Phi) is 4.47. The second kappa shape index (κ2) is 5.82. The van der Waals surface area contributed by atoms with Crippen molar-refractivity contribution in [3.63, 3.8) is 0 Å². The standard InChI is InChI=1S/C21H36O3/c1-13-9-16-17-10-15(12-20(16,6)23)7-8-21(17,11-13)24-18(22)14(2)19(3,4)5/h13,15-18,22-23H,2,7-12H2,1,3-6H3. The molecule has 3 rings (SSSR count). The summed E-state index contributed by atoms with van der Waals surface area (Å²) >= 11 is 0. The van der Waals surface area contributed by atoms with E-state index in [-0.39, 0.29) is 16.9 Å². The van der Waals surface area contributed by atoms with Gasteiger partial charge in [0.25, 0.3) is 0 Å². The first-order chi connectivity index (χ1) is 10.9. The van der Waals surface area contributed by atoms with E-state index in [4.69, 9.17) is 4.74 Å². The Labute approximate surface area is 147 Å². The Morgan fingerprint density at radius 1 is 1.21 bits per heavy atom. The lowest BCUT2D eigenvalue weighted by Gasteiger charge is -2.61. The molecule has 2 bridgehead atoms. The summed E-state index contributed by atoms with van der Waals surface area (Å²) in [6.45, 7) is 14.6. The van der Waals surface area contributed by atoms with Crippen LogP contribution in [0.25, 0.3) is 0 Å². The molecule has 0 spiro atoms. The molecule has 7 atom stereocenters. The number of ether oxygens (including phenoxy) is 1. The molecule has 0 aromatic carbocycles. The number of aliphatic hydroxyl groups is 2. The predicted octanol–water partition coefficient (Wildman–Crippen LogP) is 4.28. The highest BCUT2D eigenvalue weighted by Gasteiger charge is 2.59. The van der Waals surface area contributed by atoms with Crippen molar-refractivity contribution in [2.45, 2.75) is 90.6 Å². The van der Waals surface area contributed by atoms with Gasteiger partial charge in [0.15, 0.2) is 6.29 Å². The molecule has 0 aliphatic heterocycles. The second-order valence-electron chi connectivity index (χ2n) is 10.3. The summed E-state index contributed by atoms with van der Waals surface area (Å²) < 4.78 is 6.43. The van der Waals surface area contributed by atoms with E-state index in [2.05, 4.69) is 34.3 Å². The van der Waals surface area contributed by atoms with Crippen LogP contribution >= 0.6 is 0 Å². The van der Waals surface area contributed by atoms with Gasteiger partial charge in [-0.3, -0.25) is 0 Å². The van der Waals surface area contributed by atoms with Crippen LogP contribution in [-0.4, -0.2) is 27.7 Å². The highest BCUT2D eigenvalue weighted by atomic mass is 16.6. The molecule has 3 heteroatoms. The van der Waals surface area contributed by atoms with Crippen molar-refractivity contribution < 1.29 is 14.9 Å². The van der Waals surface area contributed by atoms with Crippen LogP contribution in [0.5, 0.6) is 0 Å². The average molecular weight is 337 g/mol. The normalized spacial score (nSPS) is 46.5. The average Bonchev–Trinajstić information content (AvgIpc) is 2.44. The van der Waals surface area contributed by atoms with Crippen molar-refractivity contribution >= 4 is 0 Å². The molecular formula is C21H36O3. The Balaban J connectivity index is 1.88. The van der Waals surface area contributed by atoms with E-state index >= 15 is 0 Å². The van der Waals surface area contributed by atoms with Crippen molar-refractivity contribution in [3.8, 4) is 0 Å². The van der Waals surface area contributed by atoms with Gasteiger partial charge in [-0.1, -0.05) is 34.3 Å². The van der Waals surface area contributed by atoms with Crippen LogP contribution in [0.1, 0.15) is 73.1 Å². The Bertz CT molecular complexity index is 504. The highest BCUT2D eigenvalue weighted by Crippen LogP contribution is 2.60. The van der Waals surface area contributed by atoms with Crippen molar-refractivity contribution in [1.29, 1.82) is 0 Å². The van der Waals surface area contributed by atoms with Crippen LogP contribution in [0.4, 0.5) is 0 Å². The van der Waals surface area contributed by atoms with Gasteiger partial charge < -0.3 is 14.9 Å². The van der Waals surface area contributed by atoms with E-state index in [0.29, 0.717) is 17.8 Å². The number of hydrogen-bond acceptors (Lipinski definition) is 3. The zero-order valence-electron chi connectivity index (χ0n) is 16.1. The summed E-state index contributed by atoms with van der Waals surface area (Å²) in [6, 6.07) is 0. The summed E-state index contributed by atoms with van der Waals surface area (Å²) in [5.74, 6) is 1.77. The maximum Gasteiger partial charge on any atom is 0.178 e. The maximum atomic E-state index is 11.1. The van der Waals surface area contributed by atoms with Gasteiger partial charge in [-0.15, -0.1) is 0 Å². The smallest absolute Gasteiger partial charge is 0.178 e. The molecule has 3 aliphatic carbocycles. The first-order valence-corrected chi connectivity index (χ1v) is 9.72. The topological polar surface area (TPSA) is 49.7 Å². The molecule has 138 valence electrons. The molecule has 0 saturated heterocycles. The zero-order chi connectivity index (χ0) is 17.9. The fourth-order valence-corrected chi connectivity index (χ4v) is 5.85. The van der Waals surface area contributed by atoms with E-state index in [0.717, 1.165) is 44.1 Å². The quantitative estimate of drug-likeness (QED) is 0.597. The maximum absolute atomic E-state index is 11.1. The van der Waals surface area contributed by atoms with Gasteiger partial charge in [0.2, 0.25) is 0 Å². The number of rotatable bonds is 3. The van der Waals surface area contributed by atoms with Crippen LogP contribution in [0, 0.1) is 29.1 Å².